The van der Waals surface area contributed by atoms with E-state index in [0.29, 0.717) is 24.8 Å². The van der Waals surface area contributed by atoms with E-state index in [9.17, 15) is 9.59 Å². The highest BCUT2D eigenvalue weighted by atomic mass is 35.5. The summed E-state index contributed by atoms with van der Waals surface area (Å²) in [5, 5.41) is 6.44. The van der Waals surface area contributed by atoms with Gasteiger partial charge in [0.05, 0.1) is 5.41 Å². The molecule has 4 aliphatic rings. The van der Waals surface area contributed by atoms with Gasteiger partial charge in [-0.1, -0.05) is 12.8 Å². The quantitative estimate of drug-likeness (QED) is 0.757. The fraction of sp³-hybridized carbons (Fsp3) is 0.875. The second kappa shape index (κ2) is 6.00. The van der Waals surface area contributed by atoms with E-state index in [0.717, 1.165) is 32.4 Å². The minimum absolute atomic E-state index is 0. The molecule has 6 heteroatoms. The van der Waals surface area contributed by atoms with Crippen molar-refractivity contribution in [2.45, 2.75) is 57.0 Å². The summed E-state index contributed by atoms with van der Waals surface area (Å²) in [7, 11) is 0. The second-order valence-electron chi connectivity index (χ2n) is 7.34. The van der Waals surface area contributed by atoms with E-state index in [1.54, 1.807) is 0 Å². The van der Waals surface area contributed by atoms with Crippen LogP contribution in [0.2, 0.25) is 0 Å². The number of amides is 2. The molecule has 5 nitrogen and oxygen atoms in total. The molecule has 2 unspecified atom stereocenters. The standard InChI is InChI=1S/C16H25N3O2.ClH/c20-14-7-12-4-5-13(9-18-14)19(12)15(21)16-6-2-1-3-11(16)8-17-10-16;/h11-13,17H,1-10H2,(H,18,20);1H/t11-,12?,13?,16+;/m0./s1. The first kappa shape index (κ1) is 16.1. The van der Waals surface area contributed by atoms with Crippen LogP contribution in [0, 0.1) is 11.3 Å². The van der Waals surface area contributed by atoms with Crippen LogP contribution in [0.15, 0.2) is 0 Å². The van der Waals surface area contributed by atoms with Crippen molar-refractivity contribution < 1.29 is 9.59 Å². The SMILES string of the molecule is Cl.O=C1CC2CCC(CN1)N2C(=O)[C@@]12CCCC[C@H]1CNC2. The third-order valence-electron chi connectivity index (χ3n) is 6.27. The Kier molecular flexibility index (Phi) is 4.38. The fourth-order valence-electron chi connectivity index (χ4n) is 5.14. The van der Waals surface area contributed by atoms with Crippen molar-refractivity contribution in [2.75, 3.05) is 19.6 Å². The number of nitrogens with zero attached hydrogens (tertiary/aromatic N) is 1. The third kappa shape index (κ3) is 2.33. The van der Waals surface area contributed by atoms with Crippen LogP contribution in [0.4, 0.5) is 0 Å². The molecule has 3 saturated heterocycles. The number of fused-ring (bicyclic) bond motifs is 3. The van der Waals surface area contributed by atoms with Crippen molar-refractivity contribution in [3.05, 3.63) is 0 Å². The predicted octanol–water partition coefficient (Wildman–Crippen LogP) is 1.07. The van der Waals surface area contributed by atoms with Crippen molar-refractivity contribution >= 4 is 24.2 Å². The number of nitrogens with one attached hydrogen (secondary N) is 2. The summed E-state index contributed by atoms with van der Waals surface area (Å²) in [5.41, 5.74) is -0.174. The van der Waals surface area contributed by atoms with E-state index in [1.165, 1.54) is 19.3 Å². The van der Waals surface area contributed by atoms with Crippen LogP contribution in [0.3, 0.4) is 0 Å². The van der Waals surface area contributed by atoms with E-state index < -0.39 is 0 Å². The van der Waals surface area contributed by atoms with E-state index in [4.69, 9.17) is 0 Å². The predicted molar refractivity (Wildman–Crippen MR) is 85.8 cm³/mol. The maximum absolute atomic E-state index is 13.4. The van der Waals surface area contributed by atoms with Crippen molar-refractivity contribution in [1.29, 1.82) is 0 Å². The van der Waals surface area contributed by atoms with Gasteiger partial charge < -0.3 is 15.5 Å². The highest BCUT2D eigenvalue weighted by molar-refractivity contribution is 5.86. The number of hydrogen-bond acceptors (Lipinski definition) is 3. The molecule has 2 amide bonds. The van der Waals surface area contributed by atoms with Gasteiger partial charge in [0.1, 0.15) is 0 Å². The minimum Gasteiger partial charge on any atom is -0.354 e. The minimum atomic E-state index is -0.174. The van der Waals surface area contributed by atoms with Crippen molar-refractivity contribution in [1.82, 2.24) is 15.5 Å². The Bertz CT molecular complexity index is 472. The number of carbonyl (C=O) groups is 2. The molecule has 4 atom stereocenters. The van der Waals surface area contributed by atoms with Gasteiger partial charge in [0.15, 0.2) is 0 Å². The van der Waals surface area contributed by atoms with Gasteiger partial charge in [0, 0.05) is 31.6 Å². The Morgan fingerprint density at radius 2 is 1.95 bits per heavy atom. The molecule has 0 aromatic carbocycles. The van der Waals surface area contributed by atoms with Crippen LogP contribution in [0.1, 0.15) is 44.9 Å². The van der Waals surface area contributed by atoms with Gasteiger partial charge in [0.25, 0.3) is 0 Å². The molecular formula is C16H26ClN3O2. The van der Waals surface area contributed by atoms with Crippen LogP contribution >= 0.6 is 12.4 Å². The molecule has 4 rings (SSSR count). The Labute approximate surface area is 138 Å². The smallest absolute Gasteiger partial charge is 0.230 e. The molecule has 2 bridgehead atoms. The zero-order chi connectivity index (χ0) is 14.4. The maximum atomic E-state index is 13.4. The third-order valence-corrected chi connectivity index (χ3v) is 6.27. The summed E-state index contributed by atoms with van der Waals surface area (Å²) < 4.78 is 0. The van der Waals surface area contributed by atoms with Gasteiger partial charge in [-0.15, -0.1) is 12.4 Å². The van der Waals surface area contributed by atoms with Crippen LogP contribution in [0.5, 0.6) is 0 Å². The number of carbonyl (C=O) groups excluding carboxylic acids is 2. The van der Waals surface area contributed by atoms with E-state index in [1.807, 2.05) is 0 Å². The highest BCUT2D eigenvalue weighted by Gasteiger charge is 2.54. The molecular weight excluding hydrogens is 302 g/mol. The molecule has 22 heavy (non-hydrogen) atoms. The average Bonchev–Trinajstić information content (AvgIpc) is 3.03. The lowest BCUT2D eigenvalue weighted by Gasteiger charge is -2.42. The van der Waals surface area contributed by atoms with Gasteiger partial charge in [-0.05, 0) is 38.1 Å². The molecule has 0 radical (unpaired) electrons. The topological polar surface area (TPSA) is 61.4 Å². The van der Waals surface area contributed by atoms with Gasteiger partial charge in [-0.2, -0.15) is 0 Å². The van der Waals surface area contributed by atoms with Crippen LogP contribution < -0.4 is 10.6 Å². The first-order valence-corrected chi connectivity index (χ1v) is 8.51. The molecule has 4 fully saturated rings. The van der Waals surface area contributed by atoms with Crippen LogP contribution in [0.25, 0.3) is 0 Å². The summed E-state index contributed by atoms with van der Waals surface area (Å²) in [6, 6.07) is 0.369. The number of rotatable bonds is 1. The molecule has 1 saturated carbocycles. The first-order chi connectivity index (χ1) is 10.2. The summed E-state index contributed by atoms with van der Waals surface area (Å²) >= 11 is 0. The summed E-state index contributed by atoms with van der Waals surface area (Å²) in [6.07, 6.45) is 7.18. The molecule has 2 N–H and O–H groups in total. The first-order valence-electron chi connectivity index (χ1n) is 8.51. The van der Waals surface area contributed by atoms with Crippen molar-refractivity contribution in [3.63, 3.8) is 0 Å². The van der Waals surface area contributed by atoms with E-state index >= 15 is 0 Å². The number of hydrogen-bond donors (Lipinski definition) is 2. The van der Waals surface area contributed by atoms with Crippen molar-refractivity contribution in [2.24, 2.45) is 11.3 Å². The molecule has 1 aliphatic carbocycles. The molecule has 0 aromatic heterocycles. The lowest BCUT2D eigenvalue weighted by atomic mass is 9.67. The summed E-state index contributed by atoms with van der Waals surface area (Å²) in [6.45, 7) is 2.48. The Morgan fingerprint density at radius 1 is 1.14 bits per heavy atom. The average molecular weight is 328 g/mol. The van der Waals surface area contributed by atoms with Gasteiger partial charge >= 0.3 is 0 Å². The Hall–Kier alpha value is -0.810. The van der Waals surface area contributed by atoms with Crippen LogP contribution in [-0.2, 0) is 9.59 Å². The lowest BCUT2D eigenvalue weighted by molar-refractivity contribution is -0.148. The summed E-state index contributed by atoms with van der Waals surface area (Å²) in [4.78, 5) is 27.3. The molecule has 3 aliphatic heterocycles. The molecule has 0 aromatic rings. The van der Waals surface area contributed by atoms with Gasteiger partial charge in [-0.25, -0.2) is 0 Å². The highest BCUT2D eigenvalue weighted by Crippen LogP contribution is 2.47. The lowest BCUT2D eigenvalue weighted by Crippen LogP contribution is -2.54. The van der Waals surface area contributed by atoms with Crippen molar-refractivity contribution in [3.8, 4) is 0 Å². The second-order valence-corrected chi connectivity index (χ2v) is 7.34. The fourth-order valence-corrected chi connectivity index (χ4v) is 5.14. The monoisotopic (exact) mass is 327 g/mol. The molecule has 3 heterocycles. The zero-order valence-corrected chi connectivity index (χ0v) is 13.8. The Morgan fingerprint density at radius 3 is 2.82 bits per heavy atom. The van der Waals surface area contributed by atoms with E-state index in [2.05, 4.69) is 15.5 Å². The summed E-state index contributed by atoms with van der Waals surface area (Å²) in [5.74, 6) is 0.966. The largest absolute Gasteiger partial charge is 0.354 e. The number of halogens is 1. The maximum Gasteiger partial charge on any atom is 0.230 e. The van der Waals surface area contributed by atoms with Crippen LogP contribution in [-0.4, -0.2) is 48.4 Å². The Balaban J connectivity index is 0.00000144. The molecule has 0 spiro atoms. The zero-order valence-electron chi connectivity index (χ0n) is 13.0. The van der Waals surface area contributed by atoms with Gasteiger partial charge in [-0.3, -0.25) is 9.59 Å². The normalized spacial score (nSPS) is 40.5. The molecule has 124 valence electrons. The van der Waals surface area contributed by atoms with Gasteiger partial charge in [0.2, 0.25) is 11.8 Å². The van der Waals surface area contributed by atoms with E-state index in [-0.39, 0.29) is 35.8 Å².